The molecule has 1 aromatic heterocycles. The van der Waals surface area contributed by atoms with Crippen LogP contribution in [-0.4, -0.2) is 52.4 Å². The van der Waals surface area contributed by atoms with Crippen molar-refractivity contribution >= 4 is 5.91 Å². The van der Waals surface area contributed by atoms with Crippen molar-refractivity contribution in [3.8, 4) is 0 Å². The van der Waals surface area contributed by atoms with Crippen LogP contribution in [0.4, 0.5) is 0 Å². The zero-order valence-corrected chi connectivity index (χ0v) is 11.0. The summed E-state index contributed by atoms with van der Waals surface area (Å²) in [7, 11) is 1.73. The zero-order valence-electron chi connectivity index (χ0n) is 11.0. The number of hydrogen-bond donors (Lipinski definition) is 0. The van der Waals surface area contributed by atoms with Crippen molar-refractivity contribution in [2.45, 2.75) is 25.8 Å². The minimum Gasteiger partial charge on any atom is -0.384 e. The highest BCUT2D eigenvalue weighted by molar-refractivity contribution is 5.80. The first-order valence-corrected chi connectivity index (χ1v) is 6.34. The molecule has 1 aromatic rings. The Balaban J connectivity index is 1.87. The normalized spacial score (nSPS) is 18.9. The van der Waals surface area contributed by atoms with Gasteiger partial charge in [-0.2, -0.15) is 5.10 Å². The molecule has 2 heterocycles. The molecule has 1 atom stereocenters. The third-order valence-electron chi connectivity index (χ3n) is 3.52. The summed E-state index contributed by atoms with van der Waals surface area (Å²) < 4.78 is 6.76. The second-order valence-corrected chi connectivity index (χ2v) is 4.78. The van der Waals surface area contributed by atoms with Crippen LogP contribution in [-0.2, 0) is 9.53 Å². The Bertz CT molecular complexity index is 371. The lowest BCUT2D eigenvalue weighted by atomic mass is 9.97. The molecule has 0 saturated carbocycles. The Morgan fingerprint density at radius 2 is 2.22 bits per heavy atom. The van der Waals surface area contributed by atoms with Crippen LogP contribution in [0.5, 0.6) is 0 Å². The molecule has 0 radical (unpaired) electrons. The smallest absolute Gasteiger partial charge is 0.247 e. The van der Waals surface area contributed by atoms with E-state index in [1.165, 1.54) is 6.33 Å². The number of nitrogens with zero attached hydrogens (tertiary/aromatic N) is 4. The van der Waals surface area contributed by atoms with Gasteiger partial charge in [0.05, 0.1) is 0 Å². The molecule has 6 heteroatoms. The number of ether oxygens (including phenoxy) is 1. The number of piperidine rings is 1. The maximum absolute atomic E-state index is 12.3. The van der Waals surface area contributed by atoms with Crippen molar-refractivity contribution in [3.05, 3.63) is 12.7 Å². The Labute approximate surface area is 107 Å². The van der Waals surface area contributed by atoms with E-state index in [2.05, 4.69) is 10.1 Å². The van der Waals surface area contributed by atoms with Crippen molar-refractivity contribution in [2.75, 3.05) is 26.8 Å². The Hall–Kier alpha value is -1.43. The third kappa shape index (κ3) is 2.87. The summed E-state index contributed by atoms with van der Waals surface area (Å²) >= 11 is 0. The fraction of sp³-hybridized carbons (Fsp3) is 0.750. The van der Waals surface area contributed by atoms with Gasteiger partial charge in [-0.15, -0.1) is 0 Å². The van der Waals surface area contributed by atoms with Crippen LogP contribution in [0.15, 0.2) is 12.7 Å². The number of rotatable bonds is 4. The molecule has 18 heavy (non-hydrogen) atoms. The van der Waals surface area contributed by atoms with E-state index in [9.17, 15) is 4.79 Å². The summed E-state index contributed by atoms with van der Waals surface area (Å²) in [6, 6.07) is -0.272. The van der Waals surface area contributed by atoms with E-state index in [1.54, 1.807) is 18.1 Å². The van der Waals surface area contributed by atoms with Crippen molar-refractivity contribution in [2.24, 2.45) is 5.92 Å². The van der Waals surface area contributed by atoms with Gasteiger partial charge in [0, 0.05) is 26.8 Å². The lowest BCUT2D eigenvalue weighted by Gasteiger charge is -2.33. The van der Waals surface area contributed by atoms with Gasteiger partial charge in [-0.05, 0) is 25.7 Å². The number of likely N-dealkylation sites (tertiary alicyclic amines) is 1. The van der Waals surface area contributed by atoms with Crippen LogP contribution >= 0.6 is 0 Å². The average molecular weight is 252 g/mol. The van der Waals surface area contributed by atoms with Crippen molar-refractivity contribution in [1.82, 2.24) is 19.7 Å². The number of aromatic nitrogens is 3. The van der Waals surface area contributed by atoms with Crippen molar-refractivity contribution in [3.63, 3.8) is 0 Å². The fourth-order valence-electron chi connectivity index (χ4n) is 2.35. The second-order valence-electron chi connectivity index (χ2n) is 4.78. The number of methoxy groups -OCH3 is 1. The van der Waals surface area contributed by atoms with E-state index in [0.717, 1.165) is 32.5 Å². The van der Waals surface area contributed by atoms with Crippen molar-refractivity contribution < 1.29 is 9.53 Å². The molecule has 0 N–H and O–H groups in total. The van der Waals surface area contributed by atoms with E-state index in [-0.39, 0.29) is 11.9 Å². The molecular weight excluding hydrogens is 232 g/mol. The van der Waals surface area contributed by atoms with E-state index >= 15 is 0 Å². The predicted octanol–water partition coefficient (Wildman–Crippen LogP) is 0.724. The largest absolute Gasteiger partial charge is 0.384 e. The SMILES string of the molecule is COCC1CCN(C(=O)C(C)n2cncn2)CC1. The highest BCUT2D eigenvalue weighted by Gasteiger charge is 2.26. The van der Waals surface area contributed by atoms with Crippen LogP contribution in [0.2, 0.25) is 0 Å². The molecule has 1 saturated heterocycles. The van der Waals surface area contributed by atoms with Gasteiger partial charge in [0.1, 0.15) is 18.7 Å². The summed E-state index contributed by atoms with van der Waals surface area (Å²) in [6.45, 7) is 4.27. The number of hydrogen-bond acceptors (Lipinski definition) is 4. The first-order valence-electron chi connectivity index (χ1n) is 6.34. The van der Waals surface area contributed by atoms with Crippen LogP contribution in [0.25, 0.3) is 0 Å². The minimum absolute atomic E-state index is 0.122. The molecule has 1 fully saturated rings. The zero-order chi connectivity index (χ0) is 13.0. The summed E-state index contributed by atoms with van der Waals surface area (Å²) in [4.78, 5) is 18.1. The molecule has 2 rings (SSSR count). The van der Waals surface area contributed by atoms with E-state index in [4.69, 9.17) is 4.74 Å². The minimum atomic E-state index is -0.272. The van der Waals surface area contributed by atoms with Gasteiger partial charge in [0.2, 0.25) is 5.91 Å². The average Bonchev–Trinajstić information content (AvgIpc) is 2.92. The first kappa shape index (κ1) is 13.0. The molecule has 1 aliphatic rings. The molecule has 1 unspecified atom stereocenters. The number of carbonyl (C=O) groups excluding carboxylic acids is 1. The molecule has 0 aliphatic carbocycles. The predicted molar refractivity (Wildman–Crippen MR) is 65.9 cm³/mol. The molecule has 100 valence electrons. The van der Waals surface area contributed by atoms with Gasteiger partial charge in [0.25, 0.3) is 0 Å². The highest BCUT2D eigenvalue weighted by Crippen LogP contribution is 2.19. The van der Waals surface area contributed by atoms with E-state index in [1.807, 2.05) is 11.8 Å². The van der Waals surface area contributed by atoms with Gasteiger partial charge in [-0.25, -0.2) is 9.67 Å². The van der Waals surface area contributed by atoms with Crippen LogP contribution in [0.3, 0.4) is 0 Å². The molecule has 6 nitrogen and oxygen atoms in total. The lowest BCUT2D eigenvalue weighted by Crippen LogP contribution is -2.42. The standard InChI is InChI=1S/C12H20N4O2/c1-10(16-9-13-8-14-16)12(17)15-5-3-11(4-6-15)7-18-2/h8-11H,3-7H2,1-2H3. The molecule has 1 aliphatic heterocycles. The summed E-state index contributed by atoms with van der Waals surface area (Å²) in [6.07, 6.45) is 5.07. The number of carbonyl (C=O) groups is 1. The summed E-state index contributed by atoms with van der Waals surface area (Å²) in [5.74, 6) is 0.706. The molecule has 0 aromatic carbocycles. The Morgan fingerprint density at radius 1 is 1.50 bits per heavy atom. The Morgan fingerprint density at radius 3 is 2.78 bits per heavy atom. The summed E-state index contributed by atoms with van der Waals surface area (Å²) in [5.41, 5.74) is 0. The maximum Gasteiger partial charge on any atom is 0.247 e. The quantitative estimate of drug-likeness (QED) is 0.792. The maximum atomic E-state index is 12.3. The molecular formula is C12H20N4O2. The molecule has 0 spiro atoms. The van der Waals surface area contributed by atoms with E-state index in [0.29, 0.717) is 5.92 Å². The van der Waals surface area contributed by atoms with Gasteiger partial charge in [0.15, 0.2) is 0 Å². The highest BCUT2D eigenvalue weighted by atomic mass is 16.5. The van der Waals surface area contributed by atoms with Gasteiger partial charge >= 0.3 is 0 Å². The third-order valence-corrected chi connectivity index (χ3v) is 3.52. The first-order chi connectivity index (χ1) is 8.72. The van der Waals surface area contributed by atoms with Crippen LogP contribution < -0.4 is 0 Å². The lowest BCUT2D eigenvalue weighted by molar-refractivity contribution is -0.136. The fourth-order valence-corrected chi connectivity index (χ4v) is 2.35. The van der Waals surface area contributed by atoms with Crippen molar-refractivity contribution in [1.29, 1.82) is 0 Å². The van der Waals surface area contributed by atoms with E-state index < -0.39 is 0 Å². The molecule has 1 amide bonds. The second kappa shape index (κ2) is 5.95. The van der Waals surface area contributed by atoms with Gasteiger partial charge in [-0.3, -0.25) is 4.79 Å². The molecule has 0 bridgehead atoms. The Kier molecular flexibility index (Phi) is 4.30. The topological polar surface area (TPSA) is 60.2 Å². The van der Waals surface area contributed by atoms with Crippen LogP contribution in [0, 0.1) is 5.92 Å². The van der Waals surface area contributed by atoms with Gasteiger partial charge in [-0.1, -0.05) is 0 Å². The van der Waals surface area contributed by atoms with Gasteiger partial charge < -0.3 is 9.64 Å². The monoisotopic (exact) mass is 252 g/mol. The summed E-state index contributed by atoms with van der Waals surface area (Å²) in [5, 5.41) is 4.01. The number of amides is 1. The van der Waals surface area contributed by atoms with Crippen LogP contribution in [0.1, 0.15) is 25.8 Å².